The maximum atomic E-state index is 14.2. The highest BCUT2D eigenvalue weighted by Gasteiger charge is 2.76. The predicted octanol–water partition coefficient (Wildman–Crippen LogP) is 3.53. The highest BCUT2D eigenvalue weighted by molar-refractivity contribution is 9.09. The van der Waals surface area contributed by atoms with E-state index in [-0.39, 0.29) is 29.2 Å². The molecule has 3 heterocycles. The normalized spacial score (nSPS) is 29.4. The van der Waals surface area contributed by atoms with Gasteiger partial charge in [-0.3, -0.25) is 14.4 Å². The topological polar surface area (TPSA) is 90.4 Å². The number of rotatable bonds is 17. The summed E-state index contributed by atoms with van der Waals surface area (Å²) in [5, 5.41) is 9.14. The van der Waals surface area contributed by atoms with E-state index in [9.17, 15) is 14.4 Å². The van der Waals surface area contributed by atoms with Crippen molar-refractivity contribution in [1.82, 2.24) is 14.7 Å². The van der Waals surface area contributed by atoms with Crippen molar-refractivity contribution in [3.8, 4) is 0 Å². The summed E-state index contributed by atoms with van der Waals surface area (Å²) in [7, 11) is 0. The first kappa shape index (κ1) is 30.8. The van der Waals surface area contributed by atoms with Gasteiger partial charge in [0.1, 0.15) is 11.6 Å². The van der Waals surface area contributed by atoms with E-state index in [0.717, 1.165) is 44.9 Å². The van der Waals surface area contributed by atoms with Gasteiger partial charge in [-0.25, -0.2) is 0 Å². The largest absolute Gasteiger partial charge is 0.396 e. The molecule has 0 aromatic carbocycles. The van der Waals surface area contributed by atoms with Crippen LogP contribution in [0.3, 0.4) is 0 Å². The lowest BCUT2D eigenvalue weighted by Gasteiger charge is -2.37. The van der Waals surface area contributed by atoms with Crippen molar-refractivity contribution in [2.75, 3.05) is 39.3 Å². The highest BCUT2D eigenvalue weighted by atomic mass is 79.9. The van der Waals surface area contributed by atoms with E-state index >= 15 is 0 Å². The summed E-state index contributed by atoms with van der Waals surface area (Å²) in [5.74, 6) is -1.66. The molecule has 2 bridgehead atoms. The van der Waals surface area contributed by atoms with Crippen LogP contribution in [-0.2, 0) is 19.1 Å². The Labute approximate surface area is 236 Å². The molecule has 3 fully saturated rings. The summed E-state index contributed by atoms with van der Waals surface area (Å²) >= 11 is 3.76. The van der Waals surface area contributed by atoms with Gasteiger partial charge >= 0.3 is 0 Å². The summed E-state index contributed by atoms with van der Waals surface area (Å²) in [5.41, 5.74) is -1.03. The van der Waals surface area contributed by atoms with Crippen LogP contribution in [0.2, 0.25) is 0 Å². The van der Waals surface area contributed by atoms with E-state index in [4.69, 9.17) is 9.84 Å². The Morgan fingerprint density at radius 2 is 1.71 bits per heavy atom. The van der Waals surface area contributed by atoms with Crippen molar-refractivity contribution < 1.29 is 24.2 Å². The molecule has 0 aliphatic carbocycles. The van der Waals surface area contributed by atoms with Gasteiger partial charge in [-0.1, -0.05) is 61.2 Å². The number of fused-ring (bicyclic) bond motifs is 1. The Kier molecular flexibility index (Phi) is 11.4. The summed E-state index contributed by atoms with van der Waals surface area (Å²) in [6, 6.07) is -0.767. The summed E-state index contributed by atoms with van der Waals surface area (Å²) in [6.07, 6.45) is 9.27. The minimum Gasteiger partial charge on any atom is -0.396 e. The van der Waals surface area contributed by atoms with Gasteiger partial charge in [-0.05, 0) is 32.1 Å². The minimum atomic E-state index is -1.03. The molecule has 3 saturated heterocycles. The van der Waals surface area contributed by atoms with Crippen LogP contribution in [-0.4, -0.2) is 99.4 Å². The molecule has 0 radical (unpaired) electrons. The lowest BCUT2D eigenvalue weighted by molar-refractivity contribution is -0.148. The fourth-order valence-corrected chi connectivity index (χ4v) is 7.52. The number of hydrogen-bond acceptors (Lipinski definition) is 5. The van der Waals surface area contributed by atoms with Crippen LogP contribution in [0, 0.1) is 11.8 Å². The van der Waals surface area contributed by atoms with Crippen molar-refractivity contribution in [3.05, 3.63) is 25.3 Å². The molecule has 0 saturated carbocycles. The number of hydrogen-bond donors (Lipinski definition) is 1. The van der Waals surface area contributed by atoms with Crippen LogP contribution in [0.1, 0.15) is 65.2 Å². The van der Waals surface area contributed by atoms with Crippen LogP contribution in [0.5, 0.6) is 0 Å². The summed E-state index contributed by atoms with van der Waals surface area (Å²) < 4.78 is 6.66. The molecule has 3 unspecified atom stereocenters. The zero-order valence-corrected chi connectivity index (χ0v) is 24.7. The predicted molar refractivity (Wildman–Crippen MR) is 152 cm³/mol. The van der Waals surface area contributed by atoms with E-state index in [1.54, 1.807) is 26.9 Å². The fourth-order valence-electron chi connectivity index (χ4n) is 6.58. The molecule has 1 spiro atoms. The van der Waals surface area contributed by atoms with Gasteiger partial charge in [-0.15, -0.1) is 13.2 Å². The lowest BCUT2D eigenvalue weighted by Crippen LogP contribution is -2.57. The number of nitrogens with zero attached hydrogens (tertiary/aromatic N) is 3. The molecule has 38 heavy (non-hydrogen) atoms. The minimum absolute atomic E-state index is 0.0916. The maximum Gasteiger partial charge on any atom is 0.248 e. The van der Waals surface area contributed by atoms with Gasteiger partial charge in [0.2, 0.25) is 17.7 Å². The van der Waals surface area contributed by atoms with Gasteiger partial charge in [0.05, 0.1) is 17.9 Å². The van der Waals surface area contributed by atoms with Gasteiger partial charge in [0.15, 0.2) is 0 Å². The molecule has 6 atom stereocenters. The molecule has 3 aliphatic rings. The van der Waals surface area contributed by atoms with Crippen LogP contribution in [0.25, 0.3) is 0 Å². The van der Waals surface area contributed by atoms with Gasteiger partial charge < -0.3 is 24.5 Å². The fraction of sp³-hybridized carbons (Fsp3) is 0.759. The Morgan fingerprint density at radius 3 is 2.32 bits per heavy atom. The monoisotopic (exact) mass is 595 g/mol. The smallest absolute Gasteiger partial charge is 0.248 e. The van der Waals surface area contributed by atoms with Crippen molar-refractivity contribution in [2.45, 2.75) is 87.8 Å². The second-order valence-corrected chi connectivity index (χ2v) is 12.0. The Balaban J connectivity index is 1.99. The van der Waals surface area contributed by atoms with E-state index in [1.807, 2.05) is 6.92 Å². The third-order valence-electron chi connectivity index (χ3n) is 8.21. The molecular formula is C29H46BrN3O5. The molecule has 9 heteroatoms. The summed E-state index contributed by atoms with van der Waals surface area (Å²) in [4.78, 5) is 47.5. The third-order valence-corrected chi connectivity index (χ3v) is 9.06. The number of unbranched alkanes of at least 4 members (excludes halogenated alkanes) is 4. The van der Waals surface area contributed by atoms with Gasteiger partial charge in [0.25, 0.3) is 0 Å². The van der Waals surface area contributed by atoms with Gasteiger partial charge in [0, 0.05) is 44.2 Å². The number of amides is 3. The SMILES string of the molecule is C=CCN(CCCC)C(=O)C1N(CCCCCCO)C(=O)[C@@H]2[C@@H](C(=O)N(CC=C)CCC)[C@@H]3OC12CC3Br. The standard InChI is InChI=1S/C29H46BrN3O5/c1-5-9-17-32(16-8-4)28(37)25-29-20-21(30)24(38-29)22(26(35)31(14-6-2)15-7-3)23(29)27(36)33(25)18-12-10-11-13-19-34/h6,8,21-25,34H,2,4-5,7,9-20H2,1,3H3/t21?,22-,23+,24-,25?,29?/m1/s1. The zero-order valence-electron chi connectivity index (χ0n) is 23.2. The first-order chi connectivity index (χ1) is 18.3. The number of halogens is 1. The molecule has 8 nitrogen and oxygen atoms in total. The highest BCUT2D eigenvalue weighted by Crippen LogP contribution is 2.60. The molecule has 3 amide bonds. The number of aliphatic hydroxyl groups is 1. The number of alkyl halides is 1. The van der Waals surface area contributed by atoms with Crippen molar-refractivity contribution in [3.63, 3.8) is 0 Å². The number of ether oxygens (including phenoxy) is 1. The van der Waals surface area contributed by atoms with E-state index in [2.05, 4.69) is 36.0 Å². The molecule has 1 N–H and O–H groups in total. The third kappa shape index (κ3) is 5.89. The maximum absolute atomic E-state index is 14.2. The number of likely N-dealkylation sites (tertiary alicyclic amines) is 1. The zero-order chi connectivity index (χ0) is 27.9. The Morgan fingerprint density at radius 1 is 1.05 bits per heavy atom. The Hall–Kier alpha value is -1.71. The van der Waals surface area contributed by atoms with Crippen molar-refractivity contribution in [1.29, 1.82) is 0 Å². The van der Waals surface area contributed by atoms with Crippen LogP contribution >= 0.6 is 15.9 Å². The number of carbonyl (C=O) groups excluding carboxylic acids is 3. The van der Waals surface area contributed by atoms with Crippen LogP contribution in [0.15, 0.2) is 25.3 Å². The van der Waals surface area contributed by atoms with Crippen LogP contribution < -0.4 is 0 Å². The Bertz CT molecular complexity index is 869. The molecule has 0 aromatic heterocycles. The van der Waals surface area contributed by atoms with E-state index < -0.39 is 29.6 Å². The number of aliphatic hydroxyl groups excluding tert-OH is 1. The van der Waals surface area contributed by atoms with Gasteiger partial charge in [-0.2, -0.15) is 0 Å². The van der Waals surface area contributed by atoms with E-state index in [1.165, 1.54) is 0 Å². The molecular weight excluding hydrogens is 550 g/mol. The second-order valence-electron chi connectivity index (χ2n) is 10.8. The average Bonchev–Trinajstić information content (AvgIpc) is 3.49. The van der Waals surface area contributed by atoms with Crippen molar-refractivity contribution in [2.24, 2.45) is 11.8 Å². The molecule has 3 aliphatic heterocycles. The average molecular weight is 597 g/mol. The quantitative estimate of drug-likeness (QED) is 0.158. The first-order valence-corrected chi connectivity index (χ1v) is 15.3. The first-order valence-electron chi connectivity index (χ1n) is 14.3. The summed E-state index contributed by atoms with van der Waals surface area (Å²) in [6.45, 7) is 14.3. The lowest BCUT2D eigenvalue weighted by atomic mass is 9.70. The van der Waals surface area contributed by atoms with E-state index in [0.29, 0.717) is 39.1 Å². The molecule has 0 aromatic rings. The van der Waals surface area contributed by atoms with Crippen LogP contribution in [0.4, 0.5) is 0 Å². The molecule has 214 valence electrons. The number of carbonyl (C=O) groups is 3. The second kappa shape index (κ2) is 14.1. The van der Waals surface area contributed by atoms with Crippen molar-refractivity contribution >= 4 is 33.7 Å². The molecule has 3 rings (SSSR count).